The van der Waals surface area contributed by atoms with E-state index in [0.717, 1.165) is 5.56 Å². The molecule has 410 valence electrons. The van der Waals surface area contributed by atoms with Crippen molar-refractivity contribution in [3.63, 3.8) is 0 Å². The van der Waals surface area contributed by atoms with Gasteiger partial charge in [-0.25, -0.2) is 8.42 Å². The molecule has 18 nitrogen and oxygen atoms in total. The lowest BCUT2D eigenvalue weighted by atomic mass is 9.88. The van der Waals surface area contributed by atoms with E-state index in [0.29, 0.717) is 68.6 Å². The van der Waals surface area contributed by atoms with Gasteiger partial charge in [-0.05, 0) is 184 Å². The molecule has 0 bridgehead atoms. The predicted molar refractivity (Wildman–Crippen MR) is 296 cm³/mol. The number of nitrogens with one attached hydrogen (secondary N) is 4. The number of nitrogens with two attached hydrogens (primary N) is 3. The standard InChI is InChI=1S/C57H77N9O9S/c1-33-34(2)49(35(3)41-26-27-57(10,11)75-48(33)41)76(72,73)65-46(52(70)64-55(4,5)6)31-38-32-66(47-17-13-12-15-42(38)47)53(71)44(16-14-28-61-54(59)60)62-51(69)45(30-37-20-24-40(25-21-37)74-56(7,8)9)63-50(68)43(58)29-36-18-22-39(67)23-19-36/h12-13,15,17-25,32,43-46,65,67H,14,16,26-31,58H2,1-11H3,(H,62,69)(H,63,68)(H,64,70)(H4,59,60,61)/t43-,44-,45-,46-/m0/s1. The number of nitrogens with zero attached hydrogens (tertiary/aromatic N) is 2. The Morgan fingerprint density at radius 1 is 0.803 bits per heavy atom. The number of phenolic OH excluding ortho intramolecular Hbond substituents is 1. The van der Waals surface area contributed by atoms with E-state index in [1.165, 1.54) is 16.7 Å². The zero-order valence-corrected chi connectivity index (χ0v) is 46.5. The van der Waals surface area contributed by atoms with Crippen LogP contribution in [0.5, 0.6) is 17.2 Å². The van der Waals surface area contributed by atoms with E-state index in [-0.39, 0.29) is 55.3 Å². The van der Waals surface area contributed by atoms with E-state index in [1.807, 2.05) is 41.5 Å². The first kappa shape index (κ1) is 58.3. The molecule has 1 aromatic heterocycles. The number of aromatic nitrogens is 1. The summed E-state index contributed by atoms with van der Waals surface area (Å²) in [6.45, 7) is 20.7. The van der Waals surface area contributed by atoms with E-state index in [4.69, 9.17) is 26.7 Å². The first-order valence-electron chi connectivity index (χ1n) is 25.7. The molecule has 6 rings (SSSR count). The Hall–Kier alpha value is -6.96. The number of hydrogen-bond acceptors (Lipinski definition) is 11. The van der Waals surface area contributed by atoms with Gasteiger partial charge in [0, 0.05) is 30.1 Å². The molecule has 0 radical (unpaired) electrons. The molecule has 19 heteroatoms. The van der Waals surface area contributed by atoms with Crippen molar-refractivity contribution in [1.82, 2.24) is 25.2 Å². The lowest BCUT2D eigenvalue weighted by Gasteiger charge is -2.36. The summed E-state index contributed by atoms with van der Waals surface area (Å²) in [6, 6.07) is 15.5. The number of rotatable bonds is 20. The molecule has 0 unspecified atom stereocenters. The highest BCUT2D eigenvalue weighted by Gasteiger charge is 2.37. The first-order valence-corrected chi connectivity index (χ1v) is 27.2. The SMILES string of the molecule is Cc1c(C)c(S(=O)(=O)N[C@@H](Cc2cn(C(=O)[C@H](CCCN=C(N)N)NC(=O)[C@H](Cc3ccc(OC(C)(C)C)cc3)NC(=O)[C@@H](N)Cc3ccc(O)cc3)c3ccccc23)C(=O)NC(C)(C)C)c(C)c2c1OC(C)(C)CC2. The monoisotopic (exact) mass is 1060 g/mol. The van der Waals surface area contributed by atoms with Crippen LogP contribution < -0.4 is 47.3 Å². The second-order valence-electron chi connectivity index (χ2n) is 22.5. The fourth-order valence-electron chi connectivity index (χ4n) is 9.41. The van der Waals surface area contributed by atoms with Crippen LogP contribution in [0.4, 0.5) is 0 Å². The number of aliphatic imine (C=N–C) groups is 1. The van der Waals surface area contributed by atoms with Crippen molar-refractivity contribution in [2.24, 2.45) is 22.2 Å². The molecule has 76 heavy (non-hydrogen) atoms. The highest BCUT2D eigenvalue weighted by molar-refractivity contribution is 7.89. The highest BCUT2D eigenvalue weighted by atomic mass is 32.2. The van der Waals surface area contributed by atoms with Crippen LogP contribution in [0.3, 0.4) is 0 Å². The average molecular weight is 1060 g/mol. The van der Waals surface area contributed by atoms with Crippen LogP contribution in [0, 0.1) is 20.8 Å². The number of benzene rings is 4. The minimum absolute atomic E-state index is 0.00870. The molecular formula is C57H77N9O9S. The van der Waals surface area contributed by atoms with E-state index >= 15 is 4.79 Å². The number of hydrogen-bond donors (Lipinski definition) is 8. The number of amides is 3. The smallest absolute Gasteiger partial charge is 0.253 e. The van der Waals surface area contributed by atoms with Gasteiger partial charge in [0.25, 0.3) is 5.91 Å². The van der Waals surface area contributed by atoms with Crippen molar-refractivity contribution in [2.45, 2.75) is 167 Å². The molecule has 0 spiro atoms. The van der Waals surface area contributed by atoms with Gasteiger partial charge in [0.15, 0.2) is 5.96 Å². The molecule has 4 aromatic carbocycles. The fraction of sp³-hybridized carbons (Fsp3) is 0.456. The van der Waals surface area contributed by atoms with E-state index in [9.17, 15) is 27.9 Å². The third-order valence-corrected chi connectivity index (χ3v) is 15.0. The molecular weight excluding hydrogens is 987 g/mol. The maximum atomic E-state index is 15.1. The summed E-state index contributed by atoms with van der Waals surface area (Å²) in [5.41, 5.74) is 20.9. The van der Waals surface area contributed by atoms with Crippen LogP contribution in [0.25, 0.3) is 10.9 Å². The summed E-state index contributed by atoms with van der Waals surface area (Å²) in [5, 5.41) is 19.1. The van der Waals surface area contributed by atoms with E-state index in [2.05, 4.69) is 25.7 Å². The number of guanidine groups is 1. The predicted octanol–water partition coefficient (Wildman–Crippen LogP) is 5.83. The minimum atomic E-state index is -4.38. The quantitative estimate of drug-likeness (QED) is 0.0260. The molecule has 1 aliphatic heterocycles. The zero-order valence-electron chi connectivity index (χ0n) is 45.7. The maximum absolute atomic E-state index is 15.1. The van der Waals surface area contributed by atoms with E-state index < -0.39 is 74.6 Å². The largest absolute Gasteiger partial charge is 0.508 e. The van der Waals surface area contributed by atoms with Crippen molar-refractivity contribution in [3.05, 3.63) is 118 Å². The van der Waals surface area contributed by atoms with Crippen LogP contribution in [0.1, 0.15) is 118 Å². The van der Waals surface area contributed by atoms with Gasteiger partial charge in [-0.15, -0.1) is 0 Å². The number of carbonyl (C=O) groups is 4. The van der Waals surface area contributed by atoms with Crippen molar-refractivity contribution >= 4 is 50.5 Å². The highest BCUT2D eigenvalue weighted by Crippen LogP contribution is 2.42. The van der Waals surface area contributed by atoms with E-state index in [1.54, 1.807) is 101 Å². The van der Waals surface area contributed by atoms with Gasteiger partial charge in [0.05, 0.1) is 16.5 Å². The van der Waals surface area contributed by atoms with Gasteiger partial charge in [-0.3, -0.25) is 28.7 Å². The minimum Gasteiger partial charge on any atom is -0.508 e. The zero-order chi connectivity index (χ0) is 56.1. The van der Waals surface area contributed by atoms with Crippen molar-refractivity contribution in [3.8, 4) is 17.2 Å². The van der Waals surface area contributed by atoms with Crippen molar-refractivity contribution in [1.29, 1.82) is 0 Å². The Bertz CT molecular complexity index is 3080. The molecule has 11 N–H and O–H groups in total. The molecule has 2 heterocycles. The van der Waals surface area contributed by atoms with Crippen LogP contribution in [-0.4, -0.2) is 95.1 Å². The van der Waals surface area contributed by atoms with Gasteiger partial charge in [0.2, 0.25) is 27.7 Å². The Morgan fingerprint density at radius 3 is 2.05 bits per heavy atom. The second kappa shape index (κ2) is 23.5. The maximum Gasteiger partial charge on any atom is 0.253 e. The van der Waals surface area contributed by atoms with Crippen LogP contribution in [0.15, 0.2) is 88.9 Å². The molecule has 1 aliphatic rings. The molecule has 0 saturated carbocycles. The average Bonchev–Trinajstić information content (AvgIpc) is 3.68. The fourth-order valence-corrected chi connectivity index (χ4v) is 11.2. The summed E-state index contributed by atoms with van der Waals surface area (Å²) in [6.07, 6.45) is 3.13. The molecule has 4 atom stereocenters. The number of carbonyl (C=O) groups excluding carboxylic acids is 4. The summed E-state index contributed by atoms with van der Waals surface area (Å²) >= 11 is 0. The molecule has 0 aliphatic carbocycles. The van der Waals surface area contributed by atoms with Gasteiger partial charge in [0.1, 0.15) is 46.6 Å². The first-order chi connectivity index (χ1) is 35.4. The lowest BCUT2D eigenvalue weighted by molar-refractivity contribution is -0.129. The van der Waals surface area contributed by atoms with Crippen molar-refractivity contribution in [2.75, 3.05) is 6.54 Å². The van der Waals surface area contributed by atoms with Gasteiger partial charge in [-0.1, -0.05) is 42.5 Å². The number of ether oxygens (including phenoxy) is 2. The van der Waals surface area contributed by atoms with Crippen molar-refractivity contribution < 1.29 is 42.2 Å². The topological polar surface area (TPSA) is 285 Å². The van der Waals surface area contributed by atoms with Crippen LogP contribution >= 0.6 is 0 Å². The Labute approximate surface area is 447 Å². The summed E-state index contributed by atoms with van der Waals surface area (Å²) in [7, 11) is -4.38. The number of aromatic hydroxyl groups is 1. The Balaban J connectivity index is 1.35. The number of fused-ring (bicyclic) bond motifs is 2. The lowest BCUT2D eigenvalue weighted by Crippen LogP contribution is -2.56. The number of phenols is 1. The Kier molecular flexibility index (Phi) is 18.0. The second-order valence-corrected chi connectivity index (χ2v) is 24.1. The Morgan fingerprint density at radius 2 is 1.42 bits per heavy atom. The summed E-state index contributed by atoms with van der Waals surface area (Å²) in [5.74, 6) is -1.24. The third-order valence-electron chi connectivity index (χ3n) is 13.2. The van der Waals surface area contributed by atoms with Crippen LogP contribution in [0.2, 0.25) is 0 Å². The molecule has 5 aromatic rings. The number of para-hydroxylation sites is 1. The molecule has 3 amide bonds. The normalized spacial score (nSPS) is 15.1. The van der Waals surface area contributed by atoms with Gasteiger partial charge in [-0.2, -0.15) is 4.72 Å². The third kappa shape index (κ3) is 15.1. The van der Waals surface area contributed by atoms with Gasteiger partial charge < -0.3 is 47.7 Å². The molecule has 0 saturated heterocycles. The van der Waals surface area contributed by atoms with Gasteiger partial charge >= 0.3 is 0 Å². The summed E-state index contributed by atoms with van der Waals surface area (Å²) in [4.78, 5) is 62.2. The van der Waals surface area contributed by atoms with Crippen LogP contribution in [-0.2, 0) is 50.1 Å². The summed E-state index contributed by atoms with van der Waals surface area (Å²) < 4.78 is 46.1. The number of sulfonamides is 1. The molecule has 0 fully saturated rings.